The van der Waals surface area contributed by atoms with Crippen LogP contribution in [0.15, 0.2) is 36.5 Å². The Hall–Kier alpha value is -1.41. The lowest BCUT2D eigenvalue weighted by Crippen LogP contribution is -2.17. The molecule has 0 radical (unpaired) electrons. The first-order valence-corrected chi connectivity index (χ1v) is 6.38. The van der Waals surface area contributed by atoms with E-state index in [1.807, 2.05) is 12.3 Å². The molecule has 0 spiro atoms. The lowest BCUT2D eigenvalue weighted by Gasteiger charge is -2.07. The van der Waals surface area contributed by atoms with Crippen molar-refractivity contribution in [2.24, 2.45) is 11.8 Å². The number of hydrogen-bond donors (Lipinski definition) is 1. The SMILES string of the molecule is CC1CC1CNCc1ccnc2ccccc12. The lowest BCUT2D eigenvalue weighted by molar-refractivity contribution is 0.613. The number of fused-ring (bicyclic) bond motifs is 1. The van der Waals surface area contributed by atoms with Gasteiger partial charge in [-0.15, -0.1) is 0 Å². The molecule has 1 aromatic heterocycles. The third-order valence-electron chi connectivity index (χ3n) is 3.74. The highest BCUT2D eigenvalue weighted by Crippen LogP contribution is 2.36. The molecular formula is C15H18N2. The van der Waals surface area contributed by atoms with E-state index in [4.69, 9.17) is 0 Å². The zero-order chi connectivity index (χ0) is 11.7. The van der Waals surface area contributed by atoms with Crippen molar-refractivity contribution in [2.45, 2.75) is 19.9 Å². The van der Waals surface area contributed by atoms with E-state index in [1.165, 1.54) is 17.4 Å². The van der Waals surface area contributed by atoms with Crippen molar-refractivity contribution in [3.8, 4) is 0 Å². The zero-order valence-electron chi connectivity index (χ0n) is 10.2. The van der Waals surface area contributed by atoms with Gasteiger partial charge < -0.3 is 5.32 Å². The summed E-state index contributed by atoms with van der Waals surface area (Å²) >= 11 is 0. The van der Waals surface area contributed by atoms with Gasteiger partial charge in [0.05, 0.1) is 5.52 Å². The highest BCUT2D eigenvalue weighted by Gasteiger charge is 2.31. The zero-order valence-corrected chi connectivity index (χ0v) is 10.2. The first kappa shape index (κ1) is 10.7. The molecule has 0 aliphatic heterocycles. The molecule has 1 aromatic carbocycles. The van der Waals surface area contributed by atoms with Gasteiger partial charge in [0.2, 0.25) is 0 Å². The summed E-state index contributed by atoms with van der Waals surface area (Å²) < 4.78 is 0. The number of benzene rings is 1. The second-order valence-electron chi connectivity index (χ2n) is 5.09. The standard InChI is InChI=1S/C15H18N2/c1-11-8-13(11)10-16-9-12-6-7-17-15-5-3-2-4-14(12)15/h2-7,11,13,16H,8-10H2,1H3. The van der Waals surface area contributed by atoms with Crippen LogP contribution in [0.4, 0.5) is 0 Å². The third kappa shape index (κ3) is 2.32. The monoisotopic (exact) mass is 226 g/mol. The van der Waals surface area contributed by atoms with Gasteiger partial charge in [0.1, 0.15) is 0 Å². The van der Waals surface area contributed by atoms with Crippen LogP contribution in [-0.4, -0.2) is 11.5 Å². The van der Waals surface area contributed by atoms with Crippen LogP contribution in [0, 0.1) is 11.8 Å². The highest BCUT2D eigenvalue weighted by atomic mass is 14.9. The van der Waals surface area contributed by atoms with Crippen LogP contribution in [0.2, 0.25) is 0 Å². The lowest BCUT2D eigenvalue weighted by atomic mass is 10.1. The van der Waals surface area contributed by atoms with Crippen LogP contribution < -0.4 is 5.32 Å². The molecule has 0 amide bonds. The Balaban J connectivity index is 1.71. The minimum Gasteiger partial charge on any atom is -0.312 e. The summed E-state index contributed by atoms with van der Waals surface area (Å²) in [6.07, 6.45) is 3.29. The molecule has 0 bridgehead atoms. The Labute approximate surface area is 102 Å². The maximum atomic E-state index is 4.38. The molecule has 1 saturated carbocycles. The quantitative estimate of drug-likeness (QED) is 0.867. The molecule has 17 heavy (non-hydrogen) atoms. The summed E-state index contributed by atoms with van der Waals surface area (Å²) in [7, 11) is 0. The largest absolute Gasteiger partial charge is 0.312 e. The van der Waals surface area contributed by atoms with Crippen molar-refractivity contribution in [3.63, 3.8) is 0 Å². The number of nitrogens with one attached hydrogen (secondary N) is 1. The number of hydrogen-bond acceptors (Lipinski definition) is 2. The molecule has 1 N–H and O–H groups in total. The van der Waals surface area contributed by atoms with E-state index >= 15 is 0 Å². The molecule has 2 aromatic rings. The van der Waals surface area contributed by atoms with E-state index in [2.05, 4.69) is 41.5 Å². The number of aromatic nitrogens is 1. The molecule has 2 nitrogen and oxygen atoms in total. The van der Waals surface area contributed by atoms with Crippen LogP contribution in [0.1, 0.15) is 18.9 Å². The van der Waals surface area contributed by atoms with Crippen molar-refractivity contribution >= 4 is 10.9 Å². The van der Waals surface area contributed by atoms with Gasteiger partial charge in [-0.1, -0.05) is 25.1 Å². The van der Waals surface area contributed by atoms with Gasteiger partial charge in [-0.25, -0.2) is 0 Å². The van der Waals surface area contributed by atoms with Crippen LogP contribution in [0.25, 0.3) is 10.9 Å². The predicted molar refractivity (Wildman–Crippen MR) is 70.7 cm³/mol. The van der Waals surface area contributed by atoms with Gasteiger partial charge in [0, 0.05) is 18.1 Å². The van der Waals surface area contributed by atoms with Gasteiger partial charge in [-0.2, -0.15) is 0 Å². The maximum Gasteiger partial charge on any atom is 0.0705 e. The number of pyridine rings is 1. The van der Waals surface area contributed by atoms with Crippen LogP contribution in [0.5, 0.6) is 0 Å². The first-order chi connectivity index (χ1) is 8.34. The minimum absolute atomic E-state index is 0.906. The highest BCUT2D eigenvalue weighted by molar-refractivity contribution is 5.81. The summed E-state index contributed by atoms with van der Waals surface area (Å²) in [5.74, 6) is 1.83. The summed E-state index contributed by atoms with van der Waals surface area (Å²) in [4.78, 5) is 4.38. The number of para-hydroxylation sites is 1. The molecule has 1 aliphatic rings. The fraction of sp³-hybridized carbons (Fsp3) is 0.400. The molecule has 2 unspecified atom stereocenters. The van der Waals surface area contributed by atoms with Gasteiger partial charge in [0.15, 0.2) is 0 Å². The second-order valence-corrected chi connectivity index (χ2v) is 5.09. The van der Waals surface area contributed by atoms with E-state index < -0.39 is 0 Å². The second kappa shape index (κ2) is 4.46. The average molecular weight is 226 g/mol. The molecule has 88 valence electrons. The summed E-state index contributed by atoms with van der Waals surface area (Å²) in [5, 5.41) is 4.83. The molecular weight excluding hydrogens is 208 g/mol. The third-order valence-corrected chi connectivity index (χ3v) is 3.74. The Bertz CT molecular complexity index is 516. The molecule has 2 heteroatoms. The fourth-order valence-corrected chi connectivity index (χ4v) is 2.38. The Morgan fingerprint density at radius 3 is 2.94 bits per heavy atom. The van der Waals surface area contributed by atoms with Crippen molar-refractivity contribution in [1.29, 1.82) is 0 Å². The average Bonchev–Trinajstić information content (AvgIpc) is 3.06. The fourth-order valence-electron chi connectivity index (χ4n) is 2.38. The molecule has 1 heterocycles. The predicted octanol–water partition coefficient (Wildman–Crippen LogP) is 2.98. The first-order valence-electron chi connectivity index (χ1n) is 6.38. The Morgan fingerprint density at radius 1 is 1.29 bits per heavy atom. The van der Waals surface area contributed by atoms with Crippen molar-refractivity contribution < 1.29 is 0 Å². The normalized spacial score (nSPS) is 22.9. The van der Waals surface area contributed by atoms with E-state index in [1.54, 1.807) is 0 Å². The Kier molecular flexibility index (Phi) is 2.81. The number of nitrogens with zero attached hydrogens (tertiary/aromatic N) is 1. The van der Waals surface area contributed by atoms with E-state index in [-0.39, 0.29) is 0 Å². The van der Waals surface area contributed by atoms with Crippen molar-refractivity contribution in [3.05, 3.63) is 42.1 Å². The summed E-state index contributed by atoms with van der Waals surface area (Å²) in [5.41, 5.74) is 2.44. The van der Waals surface area contributed by atoms with Gasteiger partial charge in [-0.05, 0) is 42.5 Å². The minimum atomic E-state index is 0.906. The van der Waals surface area contributed by atoms with Gasteiger partial charge in [-0.3, -0.25) is 4.98 Å². The van der Waals surface area contributed by atoms with Gasteiger partial charge >= 0.3 is 0 Å². The smallest absolute Gasteiger partial charge is 0.0705 e. The van der Waals surface area contributed by atoms with Crippen LogP contribution in [-0.2, 0) is 6.54 Å². The van der Waals surface area contributed by atoms with Crippen molar-refractivity contribution in [2.75, 3.05) is 6.54 Å². The van der Waals surface area contributed by atoms with E-state index in [0.29, 0.717) is 0 Å². The number of rotatable bonds is 4. The Morgan fingerprint density at radius 2 is 2.12 bits per heavy atom. The molecule has 0 saturated heterocycles. The topological polar surface area (TPSA) is 24.9 Å². The molecule has 3 rings (SSSR count). The summed E-state index contributed by atoms with van der Waals surface area (Å²) in [6.45, 7) is 4.43. The molecule has 1 aliphatic carbocycles. The molecule has 2 atom stereocenters. The maximum absolute atomic E-state index is 4.38. The van der Waals surface area contributed by atoms with Crippen molar-refractivity contribution in [1.82, 2.24) is 10.3 Å². The summed E-state index contributed by atoms with van der Waals surface area (Å²) in [6, 6.07) is 10.5. The van der Waals surface area contributed by atoms with E-state index in [9.17, 15) is 0 Å². The molecule has 1 fully saturated rings. The van der Waals surface area contributed by atoms with Crippen LogP contribution in [0.3, 0.4) is 0 Å². The van der Waals surface area contributed by atoms with Crippen LogP contribution >= 0.6 is 0 Å². The van der Waals surface area contributed by atoms with E-state index in [0.717, 1.165) is 30.4 Å². The van der Waals surface area contributed by atoms with Gasteiger partial charge in [0.25, 0.3) is 0 Å².